The Hall–Kier alpha value is -2.57. The smallest absolute Gasteiger partial charge is 0.317 e. The molecule has 146 valence electrons. The van der Waals surface area contributed by atoms with Crippen LogP contribution in [0.2, 0.25) is 0 Å². The molecule has 27 heavy (non-hydrogen) atoms. The van der Waals surface area contributed by atoms with Crippen molar-refractivity contribution in [2.45, 2.75) is 26.3 Å². The van der Waals surface area contributed by atoms with Crippen LogP contribution in [-0.4, -0.2) is 78.4 Å². The van der Waals surface area contributed by atoms with E-state index in [9.17, 15) is 14.4 Å². The molecule has 0 saturated carbocycles. The van der Waals surface area contributed by atoms with E-state index in [0.29, 0.717) is 44.7 Å². The lowest BCUT2D eigenvalue weighted by atomic mass is 9.86. The third-order valence-corrected chi connectivity index (χ3v) is 5.22. The van der Waals surface area contributed by atoms with Gasteiger partial charge in [0.25, 0.3) is 5.91 Å². The van der Waals surface area contributed by atoms with E-state index in [-0.39, 0.29) is 23.9 Å². The van der Waals surface area contributed by atoms with Gasteiger partial charge in [-0.05, 0) is 26.0 Å². The van der Waals surface area contributed by atoms with Crippen LogP contribution in [0.3, 0.4) is 0 Å². The standard InChI is InChI=1S/C20H28N4O3/c1-15(2)21-19(27)24-10-9-23(18(26)16-7-5-4-6-8-16)13-20(14-24)11-17(25)22(3)12-20/h4-8,15H,9-14H2,1-3H3,(H,21,27)/t20-/m0/s1. The van der Waals surface area contributed by atoms with Crippen molar-refractivity contribution in [2.24, 2.45) is 5.41 Å². The Kier molecular flexibility index (Phi) is 5.39. The first-order chi connectivity index (χ1) is 12.8. The summed E-state index contributed by atoms with van der Waals surface area (Å²) in [7, 11) is 1.78. The van der Waals surface area contributed by atoms with Crippen LogP contribution in [0.5, 0.6) is 0 Å². The normalized spacial score (nSPS) is 23.1. The highest BCUT2D eigenvalue weighted by molar-refractivity contribution is 5.94. The monoisotopic (exact) mass is 372 g/mol. The SMILES string of the molecule is CC(C)NC(=O)N1CCN(C(=O)c2ccccc2)C[C@@]2(CC(=O)N(C)C2)C1. The number of likely N-dealkylation sites (tertiary alicyclic amines) is 1. The van der Waals surface area contributed by atoms with Crippen molar-refractivity contribution in [3.63, 3.8) is 0 Å². The van der Waals surface area contributed by atoms with Gasteiger partial charge in [-0.2, -0.15) is 0 Å². The average molecular weight is 372 g/mol. The summed E-state index contributed by atoms with van der Waals surface area (Å²) < 4.78 is 0. The highest BCUT2D eigenvalue weighted by Gasteiger charge is 2.47. The maximum Gasteiger partial charge on any atom is 0.317 e. The lowest BCUT2D eigenvalue weighted by Gasteiger charge is -2.33. The van der Waals surface area contributed by atoms with Crippen molar-refractivity contribution in [3.05, 3.63) is 35.9 Å². The topological polar surface area (TPSA) is 73.0 Å². The van der Waals surface area contributed by atoms with Crippen LogP contribution in [0.25, 0.3) is 0 Å². The molecular formula is C20H28N4O3. The van der Waals surface area contributed by atoms with Crippen LogP contribution in [0, 0.1) is 5.41 Å². The van der Waals surface area contributed by atoms with Gasteiger partial charge in [0.2, 0.25) is 5.91 Å². The number of nitrogens with one attached hydrogen (secondary N) is 1. The summed E-state index contributed by atoms with van der Waals surface area (Å²) >= 11 is 0. The van der Waals surface area contributed by atoms with E-state index < -0.39 is 5.41 Å². The number of nitrogens with zero attached hydrogens (tertiary/aromatic N) is 3. The summed E-state index contributed by atoms with van der Waals surface area (Å²) in [5.74, 6) is 0.0105. The van der Waals surface area contributed by atoms with Crippen molar-refractivity contribution in [1.29, 1.82) is 0 Å². The molecule has 0 aliphatic carbocycles. The number of benzene rings is 1. The maximum absolute atomic E-state index is 13.0. The van der Waals surface area contributed by atoms with Crippen molar-refractivity contribution in [3.8, 4) is 0 Å². The Morgan fingerprint density at radius 3 is 2.26 bits per heavy atom. The highest BCUT2D eigenvalue weighted by atomic mass is 16.2. The predicted molar refractivity (Wildman–Crippen MR) is 102 cm³/mol. The quantitative estimate of drug-likeness (QED) is 0.853. The Labute approximate surface area is 160 Å². The van der Waals surface area contributed by atoms with Gasteiger partial charge in [0.15, 0.2) is 0 Å². The average Bonchev–Trinajstić information content (AvgIpc) is 2.79. The molecule has 7 nitrogen and oxygen atoms in total. The zero-order chi connectivity index (χ0) is 19.6. The van der Waals surface area contributed by atoms with Gasteiger partial charge in [0, 0.05) is 63.2 Å². The molecule has 1 aromatic carbocycles. The second-order valence-electron chi connectivity index (χ2n) is 8.05. The first-order valence-electron chi connectivity index (χ1n) is 9.43. The number of carbonyl (C=O) groups is 3. The summed E-state index contributed by atoms with van der Waals surface area (Å²) in [5.41, 5.74) is 0.201. The molecule has 2 fully saturated rings. The molecule has 2 aliphatic rings. The van der Waals surface area contributed by atoms with E-state index in [1.165, 1.54) is 0 Å². The second-order valence-corrected chi connectivity index (χ2v) is 8.05. The molecule has 0 unspecified atom stereocenters. The fourth-order valence-corrected chi connectivity index (χ4v) is 4.02. The molecular weight excluding hydrogens is 344 g/mol. The molecule has 7 heteroatoms. The van der Waals surface area contributed by atoms with Crippen molar-refractivity contribution in [1.82, 2.24) is 20.0 Å². The molecule has 2 saturated heterocycles. The molecule has 0 aromatic heterocycles. The number of hydrogen-bond donors (Lipinski definition) is 1. The zero-order valence-electron chi connectivity index (χ0n) is 16.3. The zero-order valence-corrected chi connectivity index (χ0v) is 16.3. The molecule has 1 N–H and O–H groups in total. The van der Waals surface area contributed by atoms with E-state index in [4.69, 9.17) is 0 Å². The van der Waals surface area contributed by atoms with Crippen LogP contribution in [0.4, 0.5) is 4.79 Å². The van der Waals surface area contributed by atoms with Crippen LogP contribution in [0.15, 0.2) is 30.3 Å². The largest absolute Gasteiger partial charge is 0.345 e. The summed E-state index contributed by atoms with van der Waals surface area (Å²) in [6.07, 6.45) is 0.355. The Bertz CT molecular complexity index is 721. The lowest BCUT2D eigenvalue weighted by Crippen LogP contribution is -2.49. The van der Waals surface area contributed by atoms with Crippen LogP contribution >= 0.6 is 0 Å². The molecule has 1 spiro atoms. The minimum Gasteiger partial charge on any atom is -0.345 e. The van der Waals surface area contributed by atoms with E-state index in [1.54, 1.807) is 33.9 Å². The Morgan fingerprint density at radius 1 is 1.04 bits per heavy atom. The molecule has 1 atom stereocenters. The summed E-state index contributed by atoms with van der Waals surface area (Å²) in [5, 5.41) is 2.93. The first kappa shape index (κ1) is 19.2. The number of rotatable bonds is 2. The molecule has 3 rings (SSSR count). The molecule has 4 amide bonds. The van der Waals surface area contributed by atoms with Gasteiger partial charge in [-0.25, -0.2) is 4.79 Å². The second kappa shape index (κ2) is 7.58. The van der Waals surface area contributed by atoms with Crippen molar-refractivity contribution < 1.29 is 14.4 Å². The van der Waals surface area contributed by atoms with Gasteiger partial charge < -0.3 is 20.0 Å². The number of amides is 4. The van der Waals surface area contributed by atoms with Gasteiger partial charge in [-0.15, -0.1) is 0 Å². The van der Waals surface area contributed by atoms with Gasteiger partial charge in [0.1, 0.15) is 0 Å². The Morgan fingerprint density at radius 2 is 1.67 bits per heavy atom. The third-order valence-electron chi connectivity index (χ3n) is 5.22. The van der Waals surface area contributed by atoms with Crippen molar-refractivity contribution >= 4 is 17.8 Å². The molecule has 0 bridgehead atoms. The number of urea groups is 1. The van der Waals surface area contributed by atoms with E-state index >= 15 is 0 Å². The minimum atomic E-state index is -0.429. The van der Waals surface area contributed by atoms with Crippen molar-refractivity contribution in [2.75, 3.05) is 39.8 Å². The first-order valence-corrected chi connectivity index (χ1v) is 9.43. The number of hydrogen-bond acceptors (Lipinski definition) is 3. The van der Waals surface area contributed by atoms with Crippen LogP contribution in [-0.2, 0) is 4.79 Å². The van der Waals surface area contributed by atoms with E-state index in [2.05, 4.69) is 5.32 Å². The fraction of sp³-hybridized carbons (Fsp3) is 0.550. The van der Waals surface area contributed by atoms with E-state index in [0.717, 1.165) is 0 Å². The van der Waals surface area contributed by atoms with E-state index in [1.807, 2.05) is 32.0 Å². The van der Waals surface area contributed by atoms with Gasteiger partial charge in [-0.1, -0.05) is 18.2 Å². The van der Waals surface area contributed by atoms with Gasteiger partial charge in [-0.3, -0.25) is 9.59 Å². The molecule has 2 heterocycles. The molecule has 1 aromatic rings. The maximum atomic E-state index is 13.0. The summed E-state index contributed by atoms with van der Waals surface area (Å²) in [6, 6.07) is 9.06. The fourth-order valence-electron chi connectivity index (χ4n) is 4.02. The summed E-state index contributed by atoms with van der Waals surface area (Å²) in [6.45, 7) is 6.25. The minimum absolute atomic E-state index is 0.0339. The summed E-state index contributed by atoms with van der Waals surface area (Å²) in [4.78, 5) is 43.2. The highest BCUT2D eigenvalue weighted by Crippen LogP contribution is 2.34. The Balaban J connectivity index is 1.85. The predicted octanol–water partition coefficient (Wildman–Crippen LogP) is 1.41. The van der Waals surface area contributed by atoms with Gasteiger partial charge >= 0.3 is 6.03 Å². The molecule has 2 aliphatic heterocycles. The van der Waals surface area contributed by atoms with Gasteiger partial charge in [0.05, 0.1) is 0 Å². The van der Waals surface area contributed by atoms with Crippen LogP contribution in [0.1, 0.15) is 30.6 Å². The molecule has 0 radical (unpaired) electrons. The van der Waals surface area contributed by atoms with Crippen LogP contribution < -0.4 is 5.32 Å². The number of carbonyl (C=O) groups excluding carboxylic acids is 3. The third kappa shape index (κ3) is 4.23. The lowest BCUT2D eigenvalue weighted by molar-refractivity contribution is -0.126.